The number of nitro groups is 1. The lowest BCUT2D eigenvalue weighted by molar-refractivity contribution is -0.384. The van der Waals surface area contributed by atoms with E-state index < -0.39 is 23.9 Å². The number of carbonyl (C=O) groups is 1. The summed E-state index contributed by atoms with van der Waals surface area (Å²) in [5.41, 5.74) is 2.15. The van der Waals surface area contributed by atoms with Gasteiger partial charge < -0.3 is 15.5 Å². The lowest BCUT2D eigenvalue weighted by Crippen LogP contribution is -2.29. The van der Waals surface area contributed by atoms with E-state index in [1.807, 2.05) is 0 Å². The summed E-state index contributed by atoms with van der Waals surface area (Å²) < 4.78 is 28.2. The van der Waals surface area contributed by atoms with Crippen LogP contribution in [0.1, 0.15) is 10.4 Å². The van der Waals surface area contributed by atoms with Gasteiger partial charge in [-0.1, -0.05) is 0 Å². The monoisotopic (exact) mass is 304 g/mol. The van der Waals surface area contributed by atoms with Crippen molar-refractivity contribution in [3.63, 3.8) is 0 Å². The van der Waals surface area contributed by atoms with Crippen molar-refractivity contribution in [3.05, 3.63) is 33.9 Å². The molecule has 0 aromatic heterocycles. The molecule has 0 aliphatic heterocycles. The maximum Gasteiger partial charge on any atom is 0.270 e. The highest BCUT2D eigenvalue weighted by molar-refractivity contribution is 6.00. The van der Waals surface area contributed by atoms with Gasteiger partial charge in [0.15, 0.2) is 0 Å². The smallest absolute Gasteiger partial charge is 0.270 e. The van der Waals surface area contributed by atoms with E-state index in [4.69, 9.17) is 5.84 Å². The number of rotatable bonds is 8. The fraction of sp³-hybridized carbons (Fsp3) is 0.364. The minimum Gasteiger partial charge on any atom is -0.374 e. The van der Waals surface area contributed by atoms with E-state index in [1.165, 1.54) is 12.1 Å². The Kier molecular flexibility index (Phi) is 6.43. The summed E-state index contributed by atoms with van der Waals surface area (Å²) in [6.45, 7) is -0.836. The van der Waals surface area contributed by atoms with Gasteiger partial charge in [0.25, 0.3) is 18.0 Å². The zero-order valence-electron chi connectivity index (χ0n) is 10.8. The first-order valence-electron chi connectivity index (χ1n) is 5.85. The van der Waals surface area contributed by atoms with Gasteiger partial charge in [-0.3, -0.25) is 20.8 Å². The number of nitro benzene ring substituents is 1. The number of nitrogens with one attached hydrogen (secondary N) is 2. The Morgan fingerprint density at radius 2 is 2.19 bits per heavy atom. The van der Waals surface area contributed by atoms with E-state index in [2.05, 4.69) is 15.5 Å². The molecule has 1 amide bonds. The van der Waals surface area contributed by atoms with Gasteiger partial charge in [-0.2, -0.15) is 0 Å². The van der Waals surface area contributed by atoms with E-state index in [-0.39, 0.29) is 30.1 Å². The van der Waals surface area contributed by atoms with Gasteiger partial charge in [-0.15, -0.1) is 0 Å². The molecule has 1 aromatic carbocycles. The molecule has 0 radical (unpaired) electrons. The van der Waals surface area contributed by atoms with Crippen LogP contribution < -0.4 is 16.6 Å². The van der Waals surface area contributed by atoms with E-state index in [1.54, 1.807) is 0 Å². The number of hydrogen-bond acceptors (Lipinski definition) is 6. The Morgan fingerprint density at radius 3 is 2.76 bits per heavy atom. The zero-order valence-corrected chi connectivity index (χ0v) is 10.8. The van der Waals surface area contributed by atoms with E-state index in [0.29, 0.717) is 0 Å². The van der Waals surface area contributed by atoms with E-state index in [0.717, 1.165) is 6.07 Å². The van der Waals surface area contributed by atoms with Crippen LogP contribution in [0.3, 0.4) is 0 Å². The van der Waals surface area contributed by atoms with Crippen LogP contribution in [0.5, 0.6) is 0 Å². The van der Waals surface area contributed by atoms with Gasteiger partial charge in [-0.25, -0.2) is 8.78 Å². The molecule has 0 saturated carbocycles. The maximum atomic E-state index is 11.9. The standard InChI is InChI=1S/C11H14F2N4O4/c12-10(13)6-21-4-3-15-11(18)8-5-7(17(19)20)1-2-9(8)16-14/h1-2,5,10,16H,3-4,6,14H2,(H,15,18). The van der Waals surface area contributed by atoms with Crippen molar-refractivity contribution in [1.82, 2.24) is 5.32 Å². The van der Waals surface area contributed by atoms with Crippen LogP contribution in [0.15, 0.2) is 18.2 Å². The second kappa shape index (κ2) is 8.07. The van der Waals surface area contributed by atoms with Gasteiger partial charge >= 0.3 is 0 Å². The lowest BCUT2D eigenvalue weighted by atomic mass is 10.1. The minimum absolute atomic E-state index is 0.0156. The molecule has 0 aliphatic rings. The summed E-state index contributed by atoms with van der Waals surface area (Å²) in [7, 11) is 0. The molecule has 1 rings (SSSR count). The molecule has 0 fully saturated rings. The van der Waals surface area contributed by atoms with Crippen LogP contribution in [0, 0.1) is 10.1 Å². The number of nitrogen functional groups attached to an aromatic ring is 1. The highest BCUT2D eigenvalue weighted by atomic mass is 19.3. The molecule has 0 spiro atoms. The average molecular weight is 304 g/mol. The number of halogens is 2. The maximum absolute atomic E-state index is 11.9. The molecule has 0 heterocycles. The third-order valence-corrected chi connectivity index (χ3v) is 2.39. The molecular weight excluding hydrogens is 290 g/mol. The number of nitrogens with two attached hydrogens (primary N) is 1. The molecule has 0 aliphatic carbocycles. The SMILES string of the molecule is NNc1ccc([N+](=O)[O-])cc1C(=O)NCCOCC(F)F. The molecule has 0 unspecified atom stereocenters. The molecule has 116 valence electrons. The first kappa shape index (κ1) is 16.7. The number of non-ortho nitro benzene ring substituents is 1. The first-order valence-corrected chi connectivity index (χ1v) is 5.85. The molecule has 1 aromatic rings. The quantitative estimate of drug-likeness (QED) is 0.284. The van der Waals surface area contributed by atoms with Crippen molar-refractivity contribution < 1.29 is 23.2 Å². The molecule has 0 atom stereocenters. The summed E-state index contributed by atoms with van der Waals surface area (Å²) in [5, 5.41) is 13.1. The molecule has 10 heteroatoms. The molecule has 4 N–H and O–H groups in total. The van der Waals surface area contributed by atoms with E-state index >= 15 is 0 Å². The van der Waals surface area contributed by atoms with Crippen LogP contribution in [0.25, 0.3) is 0 Å². The Bertz CT molecular complexity index is 513. The second-order valence-electron chi connectivity index (χ2n) is 3.85. The van der Waals surface area contributed by atoms with Gasteiger partial charge in [0.05, 0.1) is 22.8 Å². The number of alkyl halides is 2. The van der Waals surface area contributed by atoms with Crippen molar-refractivity contribution >= 4 is 17.3 Å². The number of carbonyl (C=O) groups excluding carboxylic acids is 1. The topological polar surface area (TPSA) is 120 Å². The summed E-state index contributed by atoms with van der Waals surface area (Å²) in [6, 6.07) is 3.54. The second-order valence-corrected chi connectivity index (χ2v) is 3.85. The van der Waals surface area contributed by atoms with Gasteiger partial charge in [0.2, 0.25) is 0 Å². The Balaban J connectivity index is 2.63. The van der Waals surface area contributed by atoms with E-state index in [9.17, 15) is 23.7 Å². The predicted octanol–water partition coefficient (Wildman–Crippen LogP) is 0.892. The van der Waals surface area contributed by atoms with Crippen molar-refractivity contribution in [2.75, 3.05) is 25.2 Å². The fourth-order valence-electron chi connectivity index (χ4n) is 1.46. The van der Waals surface area contributed by atoms with Crippen molar-refractivity contribution in [3.8, 4) is 0 Å². The Morgan fingerprint density at radius 1 is 1.48 bits per heavy atom. The molecule has 0 saturated heterocycles. The van der Waals surface area contributed by atoms with Gasteiger partial charge in [-0.05, 0) is 6.07 Å². The molecule has 8 nitrogen and oxygen atoms in total. The number of hydrogen-bond donors (Lipinski definition) is 3. The summed E-state index contributed by atoms with van der Waals surface area (Å²) in [5.74, 6) is 4.58. The van der Waals surface area contributed by atoms with Crippen LogP contribution in [0.2, 0.25) is 0 Å². The van der Waals surface area contributed by atoms with Gasteiger partial charge in [0.1, 0.15) is 6.61 Å². The highest BCUT2D eigenvalue weighted by Crippen LogP contribution is 2.21. The predicted molar refractivity (Wildman–Crippen MR) is 70.1 cm³/mol. The number of benzene rings is 1. The van der Waals surface area contributed by atoms with Crippen LogP contribution in [-0.4, -0.2) is 37.0 Å². The number of nitrogens with zero attached hydrogens (tertiary/aromatic N) is 1. The number of ether oxygens (including phenoxy) is 1. The lowest BCUT2D eigenvalue weighted by Gasteiger charge is -2.10. The summed E-state index contributed by atoms with van der Waals surface area (Å²) >= 11 is 0. The fourth-order valence-corrected chi connectivity index (χ4v) is 1.46. The third-order valence-electron chi connectivity index (χ3n) is 2.39. The normalized spacial score (nSPS) is 10.5. The average Bonchev–Trinajstić information content (AvgIpc) is 2.45. The summed E-state index contributed by atoms with van der Waals surface area (Å²) in [4.78, 5) is 21.9. The highest BCUT2D eigenvalue weighted by Gasteiger charge is 2.16. The van der Waals surface area contributed by atoms with Crippen molar-refractivity contribution in [2.24, 2.45) is 5.84 Å². The van der Waals surface area contributed by atoms with Crippen LogP contribution in [0.4, 0.5) is 20.2 Å². The largest absolute Gasteiger partial charge is 0.374 e. The van der Waals surface area contributed by atoms with Crippen molar-refractivity contribution in [2.45, 2.75) is 6.43 Å². The van der Waals surface area contributed by atoms with Gasteiger partial charge in [0, 0.05) is 18.7 Å². The Hall–Kier alpha value is -2.33. The van der Waals surface area contributed by atoms with Crippen LogP contribution >= 0.6 is 0 Å². The zero-order chi connectivity index (χ0) is 15.8. The number of anilines is 1. The molecule has 0 bridgehead atoms. The first-order chi connectivity index (χ1) is 9.95. The Labute approximate surface area is 118 Å². The number of amides is 1. The van der Waals surface area contributed by atoms with Crippen LogP contribution in [-0.2, 0) is 4.74 Å². The summed E-state index contributed by atoms with van der Waals surface area (Å²) in [6.07, 6.45) is -2.58. The molecular formula is C11H14F2N4O4. The third kappa shape index (κ3) is 5.28. The van der Waals surface area contributed by atoms with Crippen molar-refractivity contribution in [1.29, 1.82) is 0 Å². The molecule has 21 heavy (non-hydrogen) atoms. The minimum atomic E-state index is -2.58. The number of hydrazine groups is 1.